The zero-order chi connectivity index (χ0) is 37.2. The quantitative estimate of drug-likeness (QED) is 0.0978. The van der Waals surface area contributed by atoms with Gasteiger partial charge in [-0.15, -0.1) is 0 Å². The molecule has 2 heterocycles. The van der Waals surface area contributed by atoms with Crippen LogP contribution in [0, 0.1) is 0 Å². The third-order valence-corrected chi connectivity index (χ3v) is 12.1. The zero-order valence-corrected chi connectivity index (χ0v) is 30.5. The molecule has 2 atom stereocenters. The number of ether oxygens (including phenoxy) is 1. The van der Waals surface area contributed by atoms with E-state index in [-0.39, 0.29) is 31.8 Å². The van der Waals surface area contributed by atoms with Crippen molar-refractivity contribution >= 4 is 57.3 Å². The SMILES string of the molecule is CC(C)(C)OC(=O)NCCON=C1C[C@@H](C(N)=O)N2C[C@@H]1N(OS(=O)(=O)[O-])C2=O.CC=C[P+](c1ccccc1)(c1ccccc1)c1ccccc1. The highest BCUT2D eigenvalue weighted by Crippen LogP contribution is 2.56. The Morgan fingerprint density at radius 1 is 0.980 bits per heavy atom. The van der Waals surface area contributed by atoms with Crippen molar-refractivity contribution in [3.8, 4) is 0 Å². The smallest absolute Gasteiger partial charge is 0.407 e. The summed E-state index contributed by atoms with van der Waals surface area (Å²) in [6.07, 6.45) is 1.41. The number of primary amides is 1. The first-order chi connectivity index (χ1) is 24.2. The number of nitrogens with two attached hydrogens (primary N) is 1. The van der Waals surface area contributed by atoms with Crippen LogP contribution in [0.25, 0.3) is 0 Å². The summed E-state index contributed by atoms with van der Waals surface area (Å²) in [5.41, 5.74) is 4.70. The summed E-state index contributed by atoms with van der Waals surface area (Å²) in [6.45, 7) is 7.01. The van der Waals surface area contributed by atoms with Crippen LogP contribution >= 0.6 is 7.26 Å². The minimum absolute atomic E-state index is 0.0375. The molecule has 0 saturated carbocycles. The van der Waals surface area contributed by atoms with E-state index < -0.39 is 53.4 Å². The summed E-state index contributed by atoms with van der Waals surface area (Å²) >= 11 is 0. The van der Waals surface area contributed by atoms with Crippen molar-refractivity contribution in [3.63, 3.8) is 0 Å². The molecular formula is C35H42N5O9PS. The van der Waals surface area contributed by atoms with Crippen molar-refractivity contribution in [3.05, 3.63) is 103 Å². The molecule has 16 heteroatoms. The molecule has 0 aromatic heterocycles. The first-order valence-corrected chi connectivity index (χ1v) is 19.2. The summed E-state index contributed by atoms with van der Waals surface area (Å²) in [5, 5.41) is 10.7. The lowest BCUT2D eigenvalue weighted by Crippen LogP contribution is -2.51. The highest BCUT2D eigenvalue weighted by Gasteiger charge is 2.52. The number of oxime groups is 1. The minimum atomic E-state index is -5.24. The molecule has 3 N–H and O–H groups in total. The Balaban J connectivity index is 0.000000237. The molecule has 2 fully saturated rings. The number of piperidine rings is 1. The Morgan fingerprint density at radius 2 is 1.49 bits per heavy atom. The molecule has 0 radical (unpaired) electrons. The number of allylic oxidation sites excluding steroid dienone is 1. The van der Waals surface area contributed by atoms with Crippen LogP contribution in [0.3, 0.4) is 0 Å². The van der Waals surface area contributed by atoms with Gasteiger partial charge in [0.2, 0.25) is 16.3 Å². The van der Waals surface area contributed by atoms with Gasteiger partial charge >= 0.3 is 12.1 Å². The monoisotopic (exact) mass is 739 g/mol. The van der Waals surface area contributed by atoms with E-state index in [0.717, 1.165) is 4.90 Å². The number of amides is 4. The van der Waals surface area contributed by atoms with Crippen molar-refractivity contribution in [2.45, 2.75) is 51.8 Å². The standard InChI is InChI=1S/C21H20P.C14H23N5O9S/c1-2-18-22(19-12-6-3-7-13-19,20-14-8-4-9-15-20)21-16-10-5-11-17-21;1-14(2,3)27-12(21)16-4-5-26-17-8-6-9(11(15)20)18-7-10(8)19(13(18)22)28-29(23,24)25/h2-18H,1H3;9-10H,4-7H2,1-3H3,(H2,15,20)(H,16,21)(H,23,24,25)/q+1;/p-1/t;9-,10-/m.0/s1. The van der Waals surface area contributed by atoms with Gasteiger partial charge in [-0.2, -0.15) is 9.35 Å². The molecule has 4 amide bonds. The summed E-state index contributed by atoms with van der Waals surface area (Å²) in [4.78, 5) is 41.5. The Hall–Kier alpha value is -4.82. The predicted octanol–water partition coefficient (Wildman–Crippen LogP) is 3.15. The molecule has 51 heavy (non-hydrogen) atoms. The van der Waals surface area contributed by atoms with E-state index in [1.54, 1.807) is 20.8 Å². The molecule has 0 unspecified atom stereocenters. The normalized spacial score (nSPS) is 18.3. The van der Waals surface area contributed by atoms with E-state index in [1.807, 2.05) is 0 Å². The number of hydrogen-bond acceptors (Lipinski definition) is 10. The van der Waals surface area contributed by atoms with Crippen LogP contribution in [0.1, 0.15) is 34.1 Å². The van der Waals surface area contributed by atoms with E-state index in [9.17, 15) is 27.4 Å². The van der Waals surface area contributed by atoms with Gasteiger partial charge in [0.25, 0.3) is 0 Å². The van der Waals surface area contributed by atoms with Gasteiger partial charge in [0, 0.05) is 6.42 Å². The Labute approximate surface area is 298 Å². The Bertz CT molecular complexity index is 1730. The Kier molecular flexibility index (Phi) is 12.9. The van der Waals surface area contributed by atoms with Crippen molar-refractivity contribution in [1.29, 1.82) is 0 Å². The van der Waals surface area contributed by atoms with Gasteiger partial charge in [-0.3, -0.25) is 4.79 Å². The fourth-order valence-corrected chi connectivity index (χ4v) is 9.79. The van der Waals surface area contributed by atoms with Crippen LogP contribution in [-0.4, -0.2) is 84.1 Å². The number of carbonyl (C=O) groups excluding carboxylic acids is 3. The zero-order valence-electron chi connectivity index (χ0n) is 28.7. The van der Waals surface area contributed by atoms with Crippen LogP contribution in [0.2, 0.25) is 0 Å². The molecule has 2 saturated heterocycles. The first-order valence-electron chi connectivity index (χ1n) is 16.1. The van der Waals surface area contributed by atoms with E-state index in [2.05, 4.69) is 125 Å². The van der Waals surface area contributed by atoms with E-state index in [1.165, 1.54) is 15.9 Å². The van der Waals surface area contributed by atoms with Crippen molar-refractivity contribution in [1.82, 2.24) is 15.3 Å². The van der Waals surface area contributed by atoms with E-state index in [0.29, 0.717) is 5.06 Å². The number of nitrogens with zero attached hydrogens (tertiary/aromatic N) is 3. The average molecular weight is 740 g/mol. The number of hydrogen-bond donors (Lipinski definition) is 2. The molecule has 3 aromatic carbocycles. The molecule has 5 rings (SSSR count). The van der Waals surface area contributed by atoms with Crippen LogP contribution in [-0.2, 0) is 29.1 Å². The van der Waals surface area contributed by atoms with Crippen LogP contribution in [0.15, 0.2) is 108 Å². The van der Waals surface area contributed by atoms with Gasteiger partial charge in [0.05, 0.1) is 24.6 Å². The Morgan fingerprint density at radius 3 is 1.92 bits per heavy atom. The van der Waals surface area contributed by atoms with Crippen molar-refractivity contribution < 1.29 is 41.2 Å². The maximum absolute atomic E-state index is 12.2. The largest absolute Gasteiger partial charge is 0.724 e. The van der Waals surface area contributed by atoms with Gasteiger partial charge in [0.15, 0.2) is 0 Å². The van der Waals surface area contributed by atoms with Gasteiger partial charge < -0.3 is 30.1 Å². The van der Waals surface area contributed by atoms with Gasteiger partial charge in [0.1, 0.15) is 47.5 Å². The van der Waals surface area contributed by atoms with Crippen LogP contribution in [0.5, 0.6) is 0 Å². The number of nitrogens with one attached hydrogen (secondary N) is 1. The topological polar surface area (TPSA) is 193 Å². The molecule has 2 aliphatic rings. The highest BCUT2D eigenvalue weighted by molar-refractivity contribution is 7.98. The summed E-state index contributed by atoms with van der Waals surface area (Å²) in [6, 6.07) is 29.5. The number of carbonyl (C=O) groups is 3. The maximum atomic E-state index is 12.2. The number of alkyl carbamates (subject to hydrolysis) is 1. The molecule has 3 aromatic rings. The van der Waals surface area contributed by atoms with E-state index >= 15 is 0 Å². The molecule has 2 aliphatic heterocycles. The third kappa shape index (κ3) is 10.1. The van der Waals surface area contributed by atoms with Crippen molar-refractivity contribution in [2.24, 2.45) is 10.9 Å². The molecule has 0 aliphatic carbocycles. The van der Waals surface area contributed by atoms with Crippen LogP contribution in [0.4, 0.5) is 9.59 Å². The highest BCUT2D eigenvalue weighted by atomic mass is 32.3. The van der Waals surface area contributed by atoms with Gasteiger partial charge in [-0.1, -0.05) is 65.8 Å². The lowest BCUT2D eigenvalue weighted by molar-refractivity contribution is -0.122. The number of rotatable bonds is 11. The molecule has 2 bridgehead atoms. The second-order valence-corrected chi connectivity index (χ2v) is 16.7. The van der Waals surface area contributed by atoms with Crippen LogP contribution < -0.4 is 27.0 Å². The number of fused-ring (bicyclic) bond motifs is 2. The fourth-order valence-electron chi connectivity index (χ4n) is 5.64. The predicted molar refractivity (Wildman–Crippen MR) is 194 cm³/mol. The number of urea groups is 1. The first kappa shape index (κ1) is 39.0. The van der Waals surface area contributed by atoms with E-state index in [4.69, 9.17) is 15.3 Å². The molecule has 14 nitrogen and oxygen atoms in total. The van der Waals surface area contributed by atoms with Gasteiger partial charge in [-0.05, 0) is 64.1 Å². The molecule has 272 valence electrons. The lowest BCUT2D eigenvalue weighted by atomic mass is 9.98. The summed E-state index contributed by atoms with van der Waals surface area (Å²) in [7, 11) is -6.97. The molecular weight excluding hydrogens is 697 g/mol. The van der Waals surface area contributed by atoms with Crippen molar-refractivity contribution in [2.75, 3.05) is 19.7 Å². The summed E-state index contributed by atoms with van der Waals surface area (Å²) in [5.74, 6) is 1.57. The maximum Gasteiger partial charge on any atom is 0.407 e. The van der Waals surface area contributed by atoms with Gasteiger partial charge in [-0.25, -0.2) is 18.0 Å². The second kappa shape index (κ2) is 16.9. The number of hydroxylamine groups is 2. The molecule has 0 spiro atoms. The fraction of sp³-hybridized carbons (Fsp3) is 0.314. The average Bonchev–Trinajstić information content (AvgIpc) is 3.34. The second-order valence-electron chi connectivity index (χ2n) is 12.4. The third-order valence-electron chi connectivity index (χ3n) is 7.66. The summed E-state index contributed by atoms with van der Waals surface area (Å²) < 4.78 is 41.9. The number of benzene rings is 3. The minimum Gasteiger partial charge on any atom is -0.724 e. The lowest BCUT2D eigenvalue weighted by Gasteiger charge is -2.28.